The smallest absolute Gasteiger partial charge is 0.253 e. The molecule has 0 fully saturated rings. The molecule has 2 N–H and O–H groups in total. The van der Waals surface area contributed by atoms with Crippen molar-refractivity contribution >= 4 is 11.6 Å². The van der Waals surface area contributed by atoms with Crippen LogP contribution in [0, 0.1) is 0 Å². The van der Waals surface area contributed by atoms with E-state index in [0.717, 1.165) is 17.0 Å². The molecule has 2 aromatic carbocycles. The van der Waals surface area contributed by atoms with Crippen molar-refractivity contribution in [3.63, 3.8) is 0 Å². The molecule has 110 valence electrons. The summed E-state index contributed by atoms with van der Waals surface area (Å²) in [5, 5.41) is 6.03. The van der Waals surface area contributed by atoms with Crippen molar-refractivity contribution in [3.8, 4) is 5.75 Å². The van der Waals surface area contributed by atoms with Crippen molar-refractivity contribution < 1.29 is 9.53 Å². The Balaban J connectivity index is 2.19. The SMILES string of the molecule is CNc1ccccc1C(=O)N[C@H](C)c1ccccc1OC. The first-order valence-corrected chi connectivity index (χ1v) is 6.88. The monoisotopic (exact) mass is 284 g/mol. The lowest BCUT2D eigenvalue weighted by Gasteiger charge is -2.18. The number of hydrogen-bond donors (Lipinski definition) is 2. The molecule has 0 aliphatic heterocycles. The maximum Gasteiger partial charge on any atom is 0.253 e. The van der Waals surface area contributed by atoms with Gasteiger partial charge in [-0.3, -0.25) is 4.79 Å². The summed E-state index contributed by atoms with van der Waals surface area (Å²) in [6.45, 7) is 1.94. The third-order valence-electron chi connectivity index (χ3n) is 3.39. The Hall–Kier alpha value is -2.49. The topological polar surface area (TPSA) is 50.4 Å². The fourth-order valence-electron chi connectivity index (χ4n) is 2.28. The van der Waals surface area contributed by atoms with Gasteiger partial charge >= 0.3 is 0 Å². The fourth-order valence-corrected chi connectivity index (χ4v) is 2.28. The molecular weight excluding hydrogens is 264 g/mol. The minimum Gasteiger partial charge on any atom is -0.496 e. The highest BCUT2D eigenvalue weighted by molar-refractivity contribution is 5.99. The zero-order chi connectivity index (χ0) is 15.2. The number of anilines is 1. The zero-order valence-corrected chi connectivity index (χ0v) is 12.5. The summed E-state index contributed by atoms with van der Waals surface area (Å²) in [6, 6.07) is 15.0. The summed E-state index contributed by atoms with van der Waals surface area (Å²) in [7, 11) is 3.43. The molecular formula is C17H20N2O2. The van der Waals surface area contributed by atoms with Crippen LogP contribution in [0.5, 0.6) is 5.75 Å². The van der Waals surface area contributed by atoms with Gasteiger partial charge in [-0.1, -0.05) is 30.3 Å². The molecule has 2 rings (SSSR count). The number of para-hydroxylation sites is 2. The van der Waals surface area contributed by atoms with E-state index in [1.807, 2.05) is 49.4 Å². The first-order valence-electron chi connectivity index (χ1n) is 6.88. The number of rotatable bonds is 5. The third kappa shape index (κ3) is 3.34. The van der Waals surface area contributed by atoms with Crippen LogP contribution in [0.25, 0.3) is 0 Å². The van der Waals surface area contributed by atoms with E-state index in [0.29, 0.717) is 5.56 Å². The molecule has 0 aliphatic rings. The second kappa shape index (κ2) is 6.79. The van der Waals surface area contributed by atoms with Crippen LogP contribution in [0.4, 0.5) is 5.69 Å². The quantitative estimate of drug-likeness (QED) is 0.886. The molecule has 0 aromatic heterocycles. The number of ether oxygens (including phenoxy) is 1. The lowest BCUT2D eigenvalue weighted by Crippen LogP contribution is -2.27. The molecule has 0 unspecified atom stereocenters. The zero-order valence-electron chi connectivity index (χ0n) is 12.5. The third-order valence-corrected chi connectivity index (χ3v) is 3.39. The minimum absolute atomic E-state index is 0.113. The molecule has 0 saturated carbocycles. The van der Waals surface area contributed by atoms with Gasteiger partial charge in [-0.25, -0.2) is 0 Å². The number of methoxy groups -OCH3 is 1. The van der Waals surface area contributed by atoms with Gasteiger partial charge in [0.05, 0.1) is 18.7 Å². The summed E-state index contributed by atoms with van der Waals surface area (Å²) in [6.07, 6.45) is 0. The molecule has 4 heteroatoms. The van der Waals surface area contributed by atoms with Crippen molar-refractivity contribution in [2.45, 2.75) is 13.0 Å². The van der Waals surface area contributed by atoms with Crippen molar-refractivity contribution in [2.75, 3.05) is 19.5 Å². The van der Waals surface area contributed by atoms with Gasteiger partial charge in [0.2, 0.25) is 0 Å². The van der Waals surface area contributed by atoms with Crippen molar-refractivity contribution in [1.29, 1.82) is 0 Å². The Morgan fingerprint density at radius 2 is 1.76 bits per heavy atom. The minimum atomic E-state index is -0.140. The number of hydrogen-bond acceptors (Lipinski definition) is 3. The van der Waals surface area contributed by atoms with Gasteiger partial charge in [-0.15, -0.1) is 0 Å². The van der Waals surface area contributed by atoms with Crippen molar-refractivity contribution in [3.05, 3.63) is 59.7 Å². The first kappa shape index (κ1) is 14.9. The Bertz CT molecular complexity index is 626. The normalized spacial score (nSPS) is 11.6. The second-order valence-electron chi connectivity index (χ2n) is 4.73. The maximum absolute atomic E-state index is 12.4. The summed E-state index contributed by atoms with van der Waals surface area (Å²) in [5.74, 6) is 0.658. The first-order chi connectivity index (χ1) is 10.2. The maximum atomic E-state index is 12.4. The number of amides is 1. The molecule has 1 amide bonds. The molecule has 4 nitrogen and oxygen atoms in total. The van der Waals surface area contributed by atoms with Gasteiger partial charge in [0.25, 0.3) is 5.91 Å². The van der Waals surface area contributed by atoms with Gasteiger partial charge in [0.1, 0.15) is 5.75 Å². The van der Waals surface area contributed by atoms with Crippen LogP contribution >= 0.6 is 0 Å². The van der Waals surface area contributed by atoms with Crippen LogP contribution in [0.15, 0.2) is 48.5 Å². The Labute approximate surface area is 125 Å². The highest BCUT2D eigenvalue weighted by Crippen LogP contribution is 2.25. The Kier molecular flexibility index (Phi) is 4.82. The molecule has 0 aliphatic carbocycles. The predicted molar refractivity (Wildman–Crippen MR) is 84.9 cm³/mol. The standard InChI is InChI=1S/C17H20N2O2/c1-12(13-8-5-7-11-16(13)21-3)19-17(20)14-9-4-6-10-15(14)18-2/h4-12,18H,1-3H3,(H,19,20)/t12-/m1/s1. The second-order valence-corrected chi connectivity index (χ2v) is 4.73. The van der Waals surface area contributed by atoms with Crippen LogP contribution in [-0.4, -0.2) is 20.1 Å². The number of carbonyl (C=O) groups excluding carboxylic acids is 1. The average Bonchev–Trinajstić information content (AvgIpc) is 2.54. The summed E-state index contributed by atoms with van der Waals surface area (Å²) >= 11 is 0. The molecule has 0 saturated heterocycles. The van der Waals surface area contributed by atoms with Crippen LogP contribution in [-0.2, 0) is 0 Å². The van der Waals surface area contributed by atoms with E-state index in [2.05, 4.69) is 10.6 Å². The molecule has 21 heavy (non-hydrogen) atoms. The van der Waals surface area contributed by atoms with E-state index in [4.69, 9.17) is 4.74 Å². The van der Waals surface area contributed by atoms with Crippen LogP contribution in [0.2, 0.25) is 0 Å². The summed E-state index contributed by atoms with van der Waals surface area (Å²) in [4.78, 5) is 12.4. The van der Waals surface area contributed by atoms with E-state index in [1.165, 1.54) is 0 Å². The molecule has 0 heterocycles. The number of nitrogens with one attached hydrogen (secondary N) is 2. The molecule has 0 bridgehead atoms. The molecule has 0 radical (unpaired) electrons. The van der Waals surface area contributed by atoms with Gasteiger partial charge in [-0.2, -0.15) is 0 Å². The number of carbonyl (C=O) groups is 1. The summed E-state index contributed by atoms with van der Waals surface area (Å²) in [5.41, 5.74) is 2.39. The molecule has 2 aromatic rings. The van der Waals surface area contributed by atoms with Gasteiger partial charge in [0.15, 0.2) is 0 Å². The molecule has 0 spiro atoms. The summed E-state index contributed by atoms with van der Waals surface area (Å²) < 4.78 is 5.33. The lowest BCUT2D eigenvalue weighted by atomic mass is 10.1. The van der Waals surface area contributed by atoms with E-state index in [1.54, 1.807) is 20.2 Å². The predicted octanol–water partition coefficient (Wildman–Crippen LogP) is 3.23. The van der Waals surface area contributed by atoms with Crippen LogP contribution in [0.3, 0.4) is 0 Å². The van der Waals surface area contributed by atoms with Gasteiger partial charge < -0.3 is 15.4 Å². The molecule has 1 atom stereocenters. The van der Waals surface area contributed by atoms with E-state index in [9.17, 15) is 4.79 Å². The largest absolute Gasteiger partial charge is 0.496 e. The van der Waals surface area contributed by atoms with Crippen LogP contribution < -0.4 is 15.4 Å². The van der Waals surface area contributed by atoms with Crippen LogP contribution in [0.1, 0.15) is 28.9 Å². The average molecular weight is 284 g/mol. The van der Waals surface area contributed by atoms with E-state index >= 15 is 0 Å². The van der Waals surface area contributed by atoms with Crippen molar-refractivity contribution in [1.82, 2.24) is 5.32 Å². The Morgan fingerprint density at radius 3 is 2.48 bits per heavy atom. The Morgan fingerprint density at radius 1 is 1.10 bits per heavy atom. The highest BCUT2D eigenvalue weighted by Gasteiger charge is 2.16. The lowest BCUT2D eigenvalue weighted by molar-refractivity contribution is 0.0940. The van der Waals surface area contributed by atoms with Crippen molar-refractivity contribution in [2.24, 2.45) is 0 Å². The van der Waals surface area contributed by atoms with E-state index in [-0.39, 0.29) is 11.9 Å². The highest BCUT2D eigenvalue weighted by atomic mass is 16.5. The van der Waals surface area contributed by atoms with E-state index < -0.39 is 0 Å². The fraction of sp³-hybridized carbons (Fsp3) is 0.235. The number of benzene rings is 2. The van der Waals surface area contributed by atoms with Gasteiger partial charge in [-0.05, 0) is 25.1 Å². The van der Waals surface area contributed by atoms with Gasteiger partial charge in [0, 0.05) is 18.3 Å².